The molecule has 1 aliphatic rings. The van der Waals surface area contributed by atoms with E-state index in [-0.39, 0.29) is 11.7 Å². The lowest BCUT2D eigenvalue weighted by atomic mass is 9.84. The highest BCUT2D eigenvalue weighted by Crippen LogP contribution is 2.26. The normalized spacial score (nSPS) is 24.3. The Bertz CT molecular complexity index is 660. The van der Waals surface area contributed by atoms with E-state index in [9.17, 15) is 4.79 Å². The molecule has 0 bridgehead atoms. The van der Waals surface area contributed by atoms with Crippen molar-refractivity contribution in [2.45, 2.75) is 44.7 Å². The average molecular weight is 288 g/mol. The van der Waals surface area contributed by atoms with Crippen molar-refractivity contribution in [3.8, 4) is 0 Å². The Hall–Kier alpha value is -1.59. The fourth-order valence-corrected chi connectivity index (χ4v) is 3.45. The number of imidazole rings is 1. The fourth-order valence-electron chi connectivity index (χ4n) is 3.45. The lowest BCUT2D eigenvalue weighted by Gasteiger charge is -2.33. The highest BCUT2D eigenvalue weighted by Gasteiger charge is 2.25. The predicted octanol–water partition coefficient (Wildman–Crippen LogP) is 2.02. The molecule has 0 aliphatic heterocycles. The van der Waals surface area contributed by atoms with Crippen LogP contribution in [0.3, 0.4) is 0 Å². The Labute approximate surface area is 124 Å². The molecule has 1 aromatic heterocycles. The van der Waals surface area contributed by atoms with E-state index >= 15 is 0 Å². The quantitative estimate of drug-likeness (QED) is 0.694. The van der Waals surface area contributed by atoms with Gasteiger partial charge in [-0.05, 0) is 49.9 Å². The van der Waals surface area contributed by atoms with Crippen LogP contribution in [0.5, 0.6) is 0 Å². The van der Waals surface area contributed by atoms with Gasteiger partial charge >= 0.3 is 5.69 Å². The maximum absolute atomic E-state index is 11.3. The highest BCUT2D eigenvalue weighted by molar-refractivity contribution is 5.75. The molecule has 114 valence electrons. The Morgan fingerprint density at radius 2 is 2.05 bits per heavy atom. The van der Waals surface area contributed by atoms with Crippen LogP contribution in [-0.2, 0) is 0 Å². The van der Waals surface area contributed by atoms with Crippen molar-refractivity contribution >= 4 is 11.0 Å². The molecule has 0 saturated heterocycles. The van der Waals surface area contributed by atoms with Crippen molar-refractivity contribution in [2.24, 2.45) is 11.7 Å². The summed E-state index contributed by atoms with van der Waals surface area (Å²) in [6, 6.07) is 6.83. The molecule has 1 aliphatic carbocycles. The van der Waals surface area contributed by atoms with Crippen molar-refractivity contribution in [3.63, 3.8) is 0 Å². The minimum Gasteiger partial charge on any atom is -0.330 e. The molecule has 3 unspecified atom stereocenters. The van der Waals surface area contributed by atoms with Crippen molar-refractivity contribution in [1.29, 1.82) is 0 Å². The van der Waals surface area contributed by atoms with Crippen molar-refractivity contribution in [3.05, 3.63) is 34.2 Å². The number of fused-ring (bicyclic) bond motifs is 1. The van der Waals surface area contributed by atoms with E-state index in [0.717, 1.165) is 17.6 Å². The Morgan fingerprint density at radius 1 is 1.29 bits per heavy atom. The number of nitrogens with two attached hydrogens (primary N) is 1. The minimum atomic E-state index is -0.154. The Morgan fingerprint density at radius 3 is 2.86 bits per heavy atom. The number of aromatic amines is 2. The lowest BCUT2D eigenvalue weighted by molar-refractivity contribution is 0.252. The Kier molecular flexibility index (Phi) is 4.12. The Balaban J connectivity index is 1.76. The summed E-state index contributed by atoms with van der Waals surface area (Å²) in [6.45, 7) is 2.93. The van der Waals surface area contributed by atoms with Crippen LogP contribution in [-0.4, -0.2) is 22.6 Å². The van der Waals surface area contributed by atoms with Crippen LogP contribution in [0.15, 0.2) is 23.0 Å². The second kappa shape index (κ2) is 6.03. The summed E-state index contributed by atoms with van der Waals surface area (Å²) in [4.78, 5) is 16.9. The molecule has 1 aromatic carbocycles. The molecule has 5 nitrogen and oxygen atoms in total. The maximum atomic E-state index is 11.3. The van der Waals surface area contributed by atoms with E-state index < -0.39 is 0 Å². The number of hydrogen-bond donors (Lipinski definition) is 4. The zero-order chi connectivity index (χ0) is 14.8. The van der Waals surface area contributed by atoms with E-state index in [1.165, 1.54) is 31.2 Å². The topological polar surface area (TPSA) is 86.7 Å². The van der Waals surface area contributed by atoms with Crippen LogP contribution in [0, 0.1) is 5.92 Å². The van der Waals surface area contributed by atoms with Crippen molar-refractivity contribution in [2.75, 3.05) is 6.54 Å². The maximum Gasteiger partial charge on any atom is 0.323 e. The monoisotopic (exact) mass is 288 g/mol. The zero-order valence-electron chi connectivity index (χ0n) is 12.5. The molecule has 2 aromatic rings. The van der Waals surface area contributed by atoms with Crippen LogP contribution in [0.1, 0.15) is 44.2 Å². The minimum absolute atomic E-state index is 0.154. The molecule has 5 heteroatoms. The van der Waals surface area contributed by atoms with Gasteiger partial charge in [0, 0.05) is 12.1 Å². The van der Waals surface area contributed by atoms with Gasteiger partial charge in [-0.25, -0.2) is 4.79 Å². The van der Waals surface area contributed by atoms with E-state index in [2.05, 4.69) is 28.3 Å². The van der Waals surface area contributed by atoms with Crippen molar-refractivity contribution in [1.82, 2.24) is 15.3 Å². The number of H-pyrrole nitrogens is 2. The van der Waals surface area contributed by atoms with Crippen LogP contribution < -0.4 is 16.7 Å². The van der Waals surface area contributed by atoms with Gasteiger partial charge in [0.15, 0.2) is 0 Å². The van der Waals surface area contributed by atoms with E-state index in [1.807, 2.05) is 12.1 Å². The molecular weight excluding hydrogens is 264 g/mol. The SMILES string of the molecule is CC(NC1CCCCC1CN)c1ccc2[nH]c(=O)[nH]c2c1. The van der Waals surface area contributed by atoms with Gasteiger partial charge in [-0.1, -0.05) is 18.9 Å². The van der Waals surface area contributed by atoms with Gasteiger partial charge in [0.1, 0.15) is 0 Å². The van der Waals surface area contributed by atoms with Crippen LogP contribution in [0.4, 0.5) is 0 Å². The summed E-state index contributed by atoms with van der Waals surface area (Å²) < 4.78 is 0. The zero-order valence-corrected chi connectivity index (χ0v) is 12.5. The second-order valence-corrected chi connectivity index (χ2v) is 6.16. The molecule has 1 fully saturated rings. The van der Waals surface area contributed by atoms with Crippen LogP contribution in [0.2, 0.25) is 0 Å². The number of benzene rings is 1. The third-order valence-electron chi connectivity index (χ3n) is 4.72. The van der Waals surface area contributed by atoms with E-state index in [0.29, 0.717) is 12.0 Å². The molecule has 21 heavy (non-hydrogen) atoms. The number of rotatable bonds is 4. The standard InChI is InChI=1S/C16H24N4O/c1-10(18-13-5-3-2-4-12(13)9-17)11-6-7-14-15(8-11)20-16(21)19-14/h6-8,10,12-13,18H,2-5,9,17H2,1H3,(H2,19,20,21). The lowest BCUT2D eigenvalue weighted by Crippen LogP contribution is -2.42. The first-order valence-electron chi connectivity index (χ1n) is 7.85. The molecule has 3 rings (SSSR count). The molecule has 0 radical (unpaired) electrons. The van der Waals surface area contributed by atoms with E-state index in [4.69, 9.17) is 5.73 Å². The molecule has 0 amide bonds. The van der Waals surface area contributed by atoms with Gasteiger partial charge in [0.25, 0.3) is 0 Å². The van der Waals surface area contributed by atoms with Crippen LogP contribution in [0.25, 0.3) is 11.0 Å². The number of aromatic nitrogens is 2. The second-order valence-electron chi connectivity index (χ2n) is 6.16. The summed E-state index contributed by atoms with van der Waals surface area (Å²) >= 11 is 0. The first kappa shape index (κ1) is 14.4. The number of nitrogens with one attached hydrogen (secondary N) is 3. The molecule has 0 spiro atoms. The third kappa shape index (κ3) is 3.04. The first-order valence-corrected chi connectivity index (χ1v) is 7.85. The van der Waals surface area contributed by atoms with E-state index in [1.54, 1.807) is 0 Å². The largest absolute Gasteiger partial charge is 0.330 e. The average Bonchev–Trinajstić information content (AvgIpc) is 2.86. The van der Waals surface area contributed by atoms with Gasteiger partial charge in [0.05, 0.1) is 11.0 Å². The first-order chi connectivity index (χ1) is 10.2. The molecule has 3 atom stereocenters. The van der Waals surface area contributed by atoms with Gasteiger partial charge in [-0.3, -0.25) is 0 Å². The van der Waals surface area contributed by atoms with Crippen molar-refractivity contribution < 1.29 is 0 Å². The summed E-state index contributed by atoms with van der Waals surface area (Å²) in [5.41, 5.74) is 8.66. The van der Waals surface area contributed by atoms with Gasteiger partial charge in [-0.15, -0.1) is 0 Å². The fraction of sp³-hybridized carbons (Fsp3) is 0.562. The predicted molar refractivity (Wildman–Crippen MR) is 85.3 cm³/mol. The molecule has 1 heterocycles. The smallest absolute Gasteiger partial charge is 0.323 e. The summed E-state index contributed by atoms with van der Waals surface area (Å²) in [7, 11) is 0. The van der Waals surface area contributed by atoms with Gasteiger partial charge in [-0.2, -0.15) is 0 Å². The number of hydrogen-bond acceptors (Lipinski definition) is 3. The summed E-state index contributed by atoms with van der Waals surface area (Å²) in [6.07, 6.45) is 5.01. The highest BCUT2D eigenvalue weighted by atomic mass is 16.1. The summed E-state index contributed by atoms with van der Waals surface area (Å²) in [5.74, 6) is 0.581. The van der Waals surface area contributed by atoms with Crippen LogP contribution >= 0.6 is 0 Å². The molecule has 1 saturated carbocycles. The van der Waals surface area contributed by atoms with Gasteiger partial charge in [0.2, 0.25) is 0 Å². The molecule has 5 N–H and O–H groups in total. The summed E-state index contributed by atoms with van der Waals surface area (Å²) in [5, 5.41) is 3.73. The third-order valence-corrected chi connectivity index (χ3v) is 4.72. The van der Waals surface area contributed by atoms with Gasteiger partial charge < -0.3 is 21.0 Å². The molecular formula is C16H24N4O.